The number of carbonyl (C=O) groups is 1. The Balaban J connectivity index is 2.66. The molecule has 1 atom stereocenters. The van der Waals surface area contributed by atoms with Crippen LogP contribution in [0.3, 0.4) is 0 Å². The second kappa shape index (κ2) is 10.3. The van der Waals surface area contributed by atoms with Crippen molar-refractivity contribution in [3.63, 3.8) is 0 Å². The zero-order valence-corrected chi connectivity index (χ0v) is 14.9. The molecule has 0 aromatic heterocycles. The van der Waals surface area contributed by atoms with Crippen LogP contribution in [0.15, 0.2) is 18.2 Å². The molecule has 0 bridgehead atoms. The van der Waals surface area contributed by atoms with Gasteiger partial charge in [-0.05, 0) is 44.0 Å². The molecule has 0 spiro atoms. The standard InChI is InChI=1S/C18H29NO5/c1-12(2)19-10-15(20)11-24-16-5-6-17(18(21)22)14(9-16)7-8-23-13(3)4/h5-6,9,12-13,15,19-20H,7-8,10-11H2,1-4H3,(H,21,22)/t15-/m1/s1. The van der Waals surface area contributed by atoms with Gasteiger partial charge in [-0.3, -0.25) is 0 Å². The summed E-state index contributed by atoms with van der Waals surface area (Å²) in [5.74, 6) is -0.426. The minimum Gasteiger partial charge on any atom is -0.491 e. The number of aliphatic hydroxyl groups is 1. The zero-order valence-electron chi connectivity index (χ0n) is 14.9. The van der Waals surface area contributed by atoms with Crippen molar-refractivity contribution in [1.29, 1.82) is 0 Å². The van der Waals surface area contributed by atoms with Crippen molar-refractivity contribution in [3.8, 4) is 5.75 Å². The molecular weight excluding hydrogens is 310 g/mol. The number of aromatic carboxylic acids is 1. The minimum atomic E-state index is -0.970. The second-order valence-corrected chi connectivity index (χ2v) is 6.32. The van der Waals surface area contributed by atoms with E-state index in [-0.39, 0.29) is 18.3 Å². The molecule has 0 saturated heterocycles. The van der Waals surface area contributed by atoms with Crippen LogP contribution >= 0.6 is 0 Å². The number of carboxylic acids is 1. The van der Waals surface area contributed by atoms with Gasteiger partial charge in [0.25, 0.3) is 0 Å². The monoisotopic (exact) mass is 339 g/mol. The minimum absolute atomic E-state index is 0.0984. The fraction of sp³-hybridized carbons (Fsp3) is 0.611. The van der Waals surface area contributed by atoms with E-state index in [1.54, 1.807) is 12.1 Å². The first-order chi connectivity index (χ1) is 11.3. The lowest BCUT2D eigenvalue weighted by Gasteiger charge is -2.16. The van der Waals surface area contributed by atoms with Crippen molar-refractivity contribution in [3.05, 3.63) is 29.3 Å². The van der Waals surface area contributed by atoms with Crippen molar-refractivity contribution < 1.29 is 24.5 Å². The van der Waals surface area contributed by atoms with Gasteiger partial charge in [-0.1, -0.05) is 13.8 Å². The van der Waals surface area contributed by atoms with E-state index in [2.05, 4.69) is 5.32 Å². The smallest absolute Gasteiger partial charge is 0.335 e. The molecular formula is C18H29NO5. The van der Waals surface area contributed by atoms with Crippen molar-refractivity contribution in [2.75, 3.05) is 19.8 Å². The largest absolute Gasteiger partial charge is 0.491 e. The predicted octanol–water partition coefficient (Wildman–Crippen LogP) is 2.09. The molecule has 0 unspecified atom stereocenters. The van der Waals surface area contributed by atoms with E-state index in [1.165, 1.54) is 6.07 Å². The van der Waals surface area contributed by atoms with Crippen molar-refractivity contribution in [1.82, 2.24) is 5.32 Å². The molecule has 0 aliphatic rings. The van der Waals surface area contributed by atoms with Crippen molar-refractivity contribution >= 4 is 5.97 Å². The normalized spacial score (nSPS) is 12.6. The number of hydrogen-bond acceptors (Lipinski definition) is 5. The summed E-state index contributed by atoms with van der Waals surface area (Å²) in [4.78, 5) is 11.3. The van der Waals surface area contributed by atoms with Gasteiger partial charge in [0.15, 0.2) is 0 Å². The van der Waals surface area contributed by atoms with Crippen LogP contribution in [0, 0.1) is 0 Å². The number of aliphatic hydroxyl groups excluding tert-OH is 1. The Morgan fingerprint density at radius 1 is 1.25 bits per heavy atom. The van der Waals surface area contributed by atoms with Crippen LogP contribution in [0.25, 0.3) is 0 Å². The Morgan fingerprint density at radius 3 is 2.54 bits per heavy atom. The molecule has 1 aromatic rings. The van der Waals surface area contributed by atoms with Gasteiger partial charge in [-0.2, -0.15) is 0 Å². The lowest BCUT2D eigenvalue weighted by molar-refractivity contribution is 0.0690. The van der Waals surface area contributed by atoms with Crippen LogP contribution in [-0.2, 0) is 11.2 Å². The summed E-state index contributed by atoms with van der Waals surface area (Å²) in [6.07, 6.45) is -0.0327. The molecule has 1 rings (SSSR count). The van der Waals surface area contributed by atoms with Crippen LogP contribution < -0.4 is 10.1 Å². The van der Waals surface area contributed by atoms with Gasteiger partial charge in [0, 0.05) is 12.6 Å². The lowest BCUT2D eigenvalue weighted by atomic mass is 10.0. The molecule has 6 nitrogen and oxygen atoms in total. The first-order valence-electron chi connectivity index (χ1n) is 8.31. The quantitative estimate of drug-likeness (QED) is 0.572. The Kier molecular flexibility index (Phi) is 8.74. The third kappa shape index (κ3) is 7.77. The number of benzene rings is 1. The molecule has 136 valence electrons. The van der Waals surface area contributed by atoms with Crippen molar-refractivity contribution in [2.45, 2.75) is 52.4 Å². The summed E-state index contributed by atoms with van der Waals surface area (Å²) < 4.78 is 11.1. The highest BCUT2D eigenvalue weighted by atomic mass is 16.5. The first-order valence-corrected chi connectivity index (χ1v) is 8.31. The summed E-state index contributed by atoms with van der Waals surface area (Å²) in [6, 6.07) is 5.14. The Hall–Kier alpha value is -1.63. The van der Waals surface area contributed by atoms with E-state index in [0.29, 0.717) is 36.9 Å². The molecule has 0 saturated carbocycles. The topological polar surface area (TPSA) is 88.0 Å². The highest BCUT2D eigenvalue weighted by molar-refractivity contribution is 5.89. The van der Waals surface area contributed by atoms with Crippen LogP contribution in [0.5, 0.6) is 5.75 Å². The number of nitrogens with one attached hydrogen (secondary N) is 1. The van der Waals surface area contributed by atoms with E-state index in [9.17, 15) is 15.0 Å². The maximum Gasteiger partial charge on any atom is 0.335 e. The number of hydrogen-bond donors (Lipinski definition) is 3. The highest BCUT2D eigenvalue weighted by Crippen LogP contribution is 2.19. The number of ether oxygens (including phenoxy) is 2. The van der Waals surface area contributed by atoms with E-state index in [0.717, 1.165) is 0 Å². The van der Waals surface area contributed by atoms with E-state index in [4.69, 9.17) is 9.47 Å². The molecule has 0 aliphatic carbocycles. The van der Waals surface area contributed by atoms with Crippen LogP contribution in [0.1, 0.15) is 43.6 Å². The van der Waals surface area contributed by atoms with Gasteiger partial charge in [-0.25, -0.2) is 4.79 Å². The van der Waals surface area contributed by atoms with Crippen LogP contribution in [-0.4, -0.2) is 54.2 Å². The predicted molar refractivity (Wildman–Crippen MR) is 92.8 cm³/mol. The molecule has 0 aliphatic heterocycles. The van der Waals surface area contributed by atoms with Crippen LogP contribution in [0.2, 0.25) is 0 Å². The first kappa shape index (κ1) is 20.4. The van der Waals surface area contributed by atoms with Crippen molar-refractivity contribution in [2.24, 2.45) is 0 Å². The summed E-state index contributed by atoms with van der Waals surface area (Å²) in [6.45, 7) is 8.91. The van der Waals surface area contributed by atoms with Gasteiger partial charge in [0.05, 0.1) is 18.3 Å². The molecule has 1 aromatic carbocycles. The molecule has 0 fully saturated rings. The van der Waals surface area contributed by atoms with E-state index in [1.807, 2.05) is 27.7 Å². The summed E-state index contributed by atoms with van der Waals surface area (Å²) >= 11 is 0. The lowest BCUT2D eigenvalue weighted by Crippen LogP contribution is -2.35. The molecule has 0 amide bonds. The Bertz CT molecular complexity index is 516. The number of rotatable bonds is 11. The zero-order chi connectivity index (χ0) is 18.1. The Labute approximate surface area is 143 Å². The van der Waals surface area contributed by atoms with Gasteiger partial charge in [0.1, 0.15) is 18.5 Å². The summed E-state index contributed by atoms with van der Waals surface area (Å²) in [5.41, 5.74) is 0.909. The molecule has 3 N–H and O–H groups in total. The average molecular weight is 339 g/mol. The van der Waals surface area contributed by atoms with Gasteiger partial charge in [-0.15, -0.1) is 0 Å². The van der Waals surface area contributed by atoms with Gasteiger partial charge in [0.2, 0.25) is 0 Å². The van der Waals surface area contributed by atoms with E-state index < -0.39 is 12.1 Å². The second-order valence-electron chi connectivity index (χ2n) is 6.32. The van der Waals surface area contributed by atoms with E-state index >= 15 is 0 Å². The number of carboxylic acid groups (broad SMARTS) is 1. The van der Waals surface area contributed by atoms with Gasteiger partial charge < -0.3 is 25.0 Å². The fourth-order valence-electron chi connectivity index (χ4n) is 2.10. The molecule has 0 radical (unpaired) electrons. The maximum atomic E-state index is 11.3. The third-order valence-electron chi connectivity index (χ3n) is 3.33. The molecule has 6 heteroatoms. The maximum absolute atomic E-state index is 11.3. The summed E-state index contributed by atoms with van der Waals surface area (Å²) in [5, 5.41) is 22.3. The molecule has 0 heterocycles. The third-order valence-corrected chi connectivity index (χ3v) is 3.33. The highest BCUT2D eigenvalue weighted by Gasteiger charge is 2.13. The fourth-order valence-corrected chi connectivity index (χ4v) is 2.10. The summed E-state index contributed by atoms with van der Waals surface area (Å²) in [7, 11) is 0. The van der Waals surface area contributed by atoms with Crippen LogP contribution in [0.4, 0.5) is 0 Å². The van der Waals surface area contributed by atoms with Gasteiger partial charge >= 0.3 is 5.97 Å². The SMILES string of the molecule is CC(C)NC[C@@H](O)COc1ccc(C(=O)O)c(CCOC(C)C)c1. The molecule has 24 heavy (non-hydrogen) atoms. The average Bonchev–Trinajstić information content (AvgIpc) is 2.50. The Morgan fingerprint density at radius 2 is 1.96 bits per heavy atom.